The Balaban J connectivity index is 1.90. The van der Waals surface area contributed by atoms with Gasteiger partial charge in [0.05, 0.1) is 11.8 Å². The summed E-state index contributed by atoms with van der Waals surface area (Å²) in [4.78, 5) is 4.35. The molecule has 0 saturated heterocycles. The van der Waals surface area contributed by atoms with Crippen LogP contribution >= 0.6 is 0 Å². The molecule has 3 heteroatoms. The second kappa shape index (κ2) is 5.04. The van der Waals surface area contributed by atoms with Gasteiger partial charge in [-0.1, -0.05) is 60.7 Å². The van der Waals surface area contributed by atoms with Crippen LogP contribution in [0.15, 0.2) is 77.3 Å². The fourth-order valence-electron chi connectivity index (χ4n) is 2.61. The van der Waals surface area contributed by atoms with E-state index in [9.17, 15) is 5.11 Å². The third-order valence-corrected chi connectivity index (χ3v) is 3.68. The summed E-state index contributed by atoms with van der Waals surface area (Å²) < 4.78 is 5.87. The van der Waals surface area contributed by atoms with E-state index in [1.165, 1.54) is 0 Å². The van der Waals surface area contributed by atoms with Crippen molar-refractivity contribution < 1.29 is 9.52 Å². The minimum absolute atomic E-state index is 0.167. The van der Waals surface area contributed by atoms with Crippen LogP contribution in [0.4, 0.5) is 0 Å². The number of aromatic nitrogens is 1. The maximum absolute atomic E-state index is 10.2. The van der Waals surface area contributed by atoms with E-state index in [0.29, 0.717) is 17.2 Å². The monoisotopic (exact) mass is 287 g/mol. The number of benzene rings is 3. The Morgan fingerprint density at radius 2 is 1.59 bits per heavy atom. The van der Waals surface area contributed by atoms with Crippen molar-refractivity contribution in [1.82, 2.24) is 4.98 Å². The van der Waals surface area contributed by atoms with Gasteiger partial charge in [0.15, 0.2) is 5.76 Å². The van der Waals surface area contributed by atoms with Crippen molar-refractivity contribution in [2.24, 2.45) is 0 Å². The summed E-state index contributed by atoms with van der Waals surface area (Å²) in [5, 5.41) is 12.2. The van der Waals surface area contributed by atoms with Gasteiger partial charge in [0.25, 0.3) is 0 Å². The Bertz CT molecular complexity index is 942. The number of hydrogen-bond donors (Lipinski definition) is 1. The molecule has 0 aliphatic rings. The van der Waals surface area contributed by atoms with E-state index in [1.54, 1.807) is 12.3 Å². The summed E-state index contributed by atoms with van der Waals surface area (Å²) in [6.07, 6.45) is 1.69. The Kier molecular flexibility index (Phi) is 2.90. The zero-order chi connectivity index (χ0) is 14.9. The first kappa shape index (κ1) is 12.7. The number of nitrogens with zero attached hydrogens (tertiary/aromatic N) is 1. The molecule has 0 saturated carbocycles. The van der Waals surface area contributed by atoms with Crippen LogP contribution in [0.2, 0.25) is 0 Å². The van der Waals surface area contributed by atoms with Gasteiger partial charge in [0.1, 0.15) is 5.75 Å². The van der Waals surface area contributed by atoms with Crippen LogP contribution < -0.4 is 0 Å². The molecule has 0 fully saturated rings. The normalized spacial score (nSPS) is 10.9. The van der Waals surface area contributed by atoms with Crippen molar-refractivity contribution in [3.05, 3.63) is 72.9 Å². The summed E-state index contributed by atoms with van der Waals surface area (Å²) in [5.41, 5.74) is 1.58. The van der Waals surface area contributed by atoms with Gasteiger partial charge in [-0.15, -0.1) is 0 Å². The average molecular weight is 287 g/mol. The van der Waals surface area contributed by atoms with Crippen molar-refractivity contribution in [1.29, 1.82) is 0 Å². The summed E-state index contributed by atoms with van der Waals surface area (Å²) in [6.45, 7) is 0. The molecule has 0 amide bonds. The van der Waals surface area contributed by atoms with Crippen LogP contribution in [-0.2, 0) is 0 Å². The Labute approximate surface area is 127 Å². The number of phenolic OH excluding ortho intramolecular Hbond substituents is 1. The van der Waals surface area contributed by atoms with Crippen LogP contribution in [0.5, 0.6) is 5.75 Å². The summed E-state index contributed by atoms with van der Waals surface area (Å²) in [6, 6.07) is 21.2. The molecule has 0 unspecified atom stereocenters. The van der Waals surface area contributed by atoms with Gasteiger partial charge in [-0.2, -0.15) is 0 Å². The van der Waals surface area contributed by atoms with Gasteiger partial charge in [-0.05, 0) is 16.8 Å². The highest BCUT2D eigenvalue weighted by atomic mass is 16.4. The van der Waals surface area contributed by atoms with Crippen molar-refractivity contribution in [2.45, 2.75) is 0 Å². The molecule has 22 heavy (non-hydrogen) atoms. The van der Waals surface area contributed by atoms with Gasteiger partial charge in [0, 0.05) is 5.56 Å². The first-order chi connectivity index (χ1) is 10.8. The first-order valence-electron chi connectivity index (χ1n) is 7.05. The number of fused-ring (bicyclic) bond motifs is 1. The molecule has 0 radical (unpaired) electrons. The van der Waals surface area contributed by atoms with E-state index >= 15 is 0 Å². The maximum atomic E-state index is 10.2. The lowest BCUT2D eigenvalue weighted by Gasteiger charge is -2.05. The van der Waals surface area contributed by atoms with Crippen LogP contribution in [0.25, 0.3) is 33.6 Å². The van der Waals surface area contributed by atoms with E-state index < -0.39 is 0 Å². The number of oxazole rings is 1. The fourth-order valence-corrected chi connectivity index (χ4v) is 2.61. The number of aromatic hydroxyl groups is 1. The molecular weight excluding hydrogens is 274 g/mol. The maximum Gasteiger partial charge on any atom is 0.231 e. The lowest BCUT2D eigenvalue weighted by atomic mass is 10.0. The van der Waals surface area contributed by atoms with E-state index in [0.717, 1.165) is 16.3 Å². The number of rotatable bonds is 2. The largest absolute Gasteiger partial charge is 0.507 e. The summed E-state index contributed by atoms with van der Waals surface area (Å²) in [5.74, 6) is 1.27. The third-order valence-electron chi connectivity index (χ3n) is 3.68. The third kappa shape index (κ3) is 2.04. The lowest BCUT2D eigenvalue weighted by molar-refractivity contribution is 0.474. The number of phenols is 1. The Hall–Kier alpha value is -3.07. The molecule has 1 aromatic heterocycles. The Morgan fingerprint density at radius 1 is 0.818 bits per heavy atom. The molecule has 3 nitrogen and oxygen atoms in total. The van der Waals surface area contributed by atoms with Gasteiger partial charge < -0.3 is 9.52 Å². The van der Waals surface area contributed by atoms with Crippen LogP contribution in [0.1, 0.15) is 0 Å². The lowest BCUT2D eigenvalue weighted by Crippen LogP contribution is -1.82. The van der Waals surface area contributed by atoms with E-state index in [2.05, 4.69) is 4.98 Å². The average Bonchev–Trinajstić information content (AvgIpc) is 3.05. The zero-order valence-electron chi connectivity index (χ0n) is 11.7. The van der Waals surface area contributed by atoms with Gasteiger partial charge in [-0.25, -0.2) is 4.98 Å². The molecule has 0 aliphatic carbocycles. The van der Waals surface area contributed by atoms with Crippen molar-refractivity contribution in [2.75, 3.05) is 0 Å². The molecule has 1 heterocycles. The van der Waals surface area contributed by atoms with E-state index in [4.69, 9.17) is 4.42 Å². The molecule has 1 N–H and O–H groups in total. The highest BCUT2D eigenvalue weighted by molar-refractivity contribution is 5.97. The summed E-state index contributed by atoms with van der Waals surface area (Å²) >= 11 is 0. The predicted molar refractivity (Wildman–Crippen MR) is 86.5 cm³/mol. The molecule has 3 aromatic carbocycles. The molecule has 0 spiro atoms. The van der Waals surface area contributed by atoms with E-state index in [-0.39, 0.29) is 5.75 Å². The quantitative estimate of drug-likeness (QED) is 0.572. The SMILES string of the molecule is Oc1ccc2ccccc2c1-c1ncc(-c2ccccc2)o1. The van der Waals surface area contributed by atoms with Gasteiger partial charge >= 0.3 is 0 Å². The van der Waals surface area contributed by atoms with Crippen LogP contribution in [0, 0.1) is 0 Å². The smallest absolute Gasteiger partial charge is 0.231 e. The van der Waals surface area contributed by atoms with Crippen molar-refractivity contribution in [3.8, 4) is 28.5 Å². The molecular formula is C19H13NO2. The molecule has 106 valence electrons. The van der Waals surface area contributed by atoms with E-state index in [1.807, 2.05) is 60.7 Å². The minimum atomic E-state index is 0.167. The summed E-state index contributed by atoms with van der Waals surface area (Å²) in [7, 11) is 0. The van der Waals surface area contributed by atoms with Crippen LogP contribution in [0.3, 0.4) is 0 Å². The fraction of sp³-hybridized carbons (Fsp3) is 0. The Morgan fingerprint density at radius 3 is 2.45 bits per heavy atom. The van der Waals surface area contributed by atoms with Crippen molar-refractivity contribution >= 4 is 10.8 Å². The predicted octanol–water partition coefficient (Wildman–Crippen LogP) is 4.87. The van der Waals surface area contributed by atoms with Crippen molar-refractivity contribution in [3.63, 3.8) is 0 Å². The standard InChI is InChI=1S/C19H13NO2/c21-16-11-10-13-6-4-5-9-15(13)18(16)19-20-12-17(22-19)14-7-2-1-3-8-14/h1-12,21H. The highest BCUT2D eigenvalue weighted by Gasteiger charge is 2.15. The second-order valence-electron chi connectivity index (χ2n) is 5.08. The molecule has 4 aromatic rings. The molecule has 0 aliphatic heterocycles. The zero-order valence-corrected chi connectivity index (χ0v) is 11.7. The topological polar surface area (TPSA) is 46.3 Å². The number of hydrogen-bond acceptors (Lipinski definition) is 3. The first-order valence-corrected chi connectivity index (χ1v) is 7.05. The highest BCUT2D eigenvalue weighted by Crippen LogP contribution is 2.37. The van der Waals surface area contributed by atoms with Crippen LogP contribution in [-0.4, -0.2) is 10.1 Å². The minimum Gasteiger partial charge on any atom is -0.507 e. The second-order valence-corrected chi connectivity index (χ2v) is 5.08. The van der Waals surface area contributed by atoms with Gasteiger partial charge in [0.2, 0.25) is 5.89 Å². The van der Waals surface area contributed by atoms with Gasteiger partial charge in [-0.3, -0.25) is 0 Å². The molecule has 0 bridgehead atoms. The molecule has 0 atom stereocenters. The molecule has 4 rings (SSSR count).